The first-order valence-corrected chi connectivity index (χ1v) is 6.23. The second-order valence-electron chi connectivity index (χ2n) is 4.48. The highest BCUT2D eigenvalue weighted by atomic mass is 19.4. The lowest BCUT2D eigenvalue weighted by Gasteiger charge is -2.11. The second-order valence-corrected chi connectivity index (χ2v) is 4.48. The van der Waals surface area contributed by atoms with Crippen LogP contribution in [-0.2, 0) is 12.7 Å². The number of oxazole rings is 1. The van der Waals surface area contributed by atoms with E-state index >= 15 is 0 Å². The SMILES string of the molecule is CNc1cc(C(F)(F)F)cc(NCc2nc(C)c(C)o2)n1. The van der Waals surface area contributed by atoms with Crippen molar-refractivity contribution in [2.45, 2.75) is 26.6 Å². The van der Waals surface area contributed by atoms with Crippen LogP contribution < -0.4 is 10.6 Å². The number of rotatable bonds is 4. The van der Waals surface area contributed by atoms with Crippen LogP contribution in [0, 0.1) is 13.8 Å². The number of hydrogen-bond acceptors (Lipinski definition) is 5. The van der Waals surface area contributed by atoms with Crippen molar-refractivity contribution in [3.8, 4) is 0 Å². The Morgan fingerprint density at radius 3 is 2.33 bits per heavy atom. The maximum atomic E-state index is 12.8. The summed E-state index contributed by atoms with van der Waals surface area (Å²) >= 11 is 0. The molecule has 5 nitrogen and oxygen atoms in total. The number of aryl methyl sites for hydroxylation is 2. The van der Waals surface area contributed by atoms with Crippen molar-refractivity contribution in [2.75, 3.05) is 17.7 Å². The molecule has 0 bridgehead atoms. The van der Waals surface area contributed by atoms with Crippen LogP contribution in [0.4, 0.5) is 24.8 Å². The van der Waals surface area contributed by atoms with Crippen molar-refractivity contribution in [3.63, 3.8) is 0 Å². The van der Waals surface area contributed by atoms with Crippen molar-refractivity contribution in [2.24, 2.45) is 0 Å². The molecule has 2 aromatic rings. The van der Waals surface area contributed by atoms with E-state index in [2.05, 4.69) is 20.6 Å². The van der Waals surface area contributed by atoms with Crippen LogP contribution in [0.2, 0.25) is 0 Å². The molecule has 2 rings (SSSR count). The van der Waals surface area contributed by atoms with Crippen LogP contribution in [0.3, 0.4) is 0 Å². The Morgan fingerprint density at radius 1 is 1.14 bits per heavy atom. The molecule has 21 heavy (non-hydrogen) atoms. The smallest absolute Gasteiger partial charge is 0.416 e. The highest BCUT2D eigenvalue weighted by molar-refractivity contribution is 5.49. The van der Waals surface area contributed by atoms with E-state index < -0.39 is 11.7 Å². The molecule has 2 N–H and O–H groups in total. The van der Waals surface area contributed by atoms with Gasteiger partial charge in [-0.2, -0.15) is 13.2 Å². The van der Waals surface area contributed by atoms with Crippen LogP contribution in [0.1, 0.15) is 22.9 Å². The van der Waals surface area contributed by atoms with Crippen LogP contribution in [-0.4, -0.2) is 17.0 Å². The van der Waals surface area contributed by atoms with Crippen molar-refractivity contribution in [3.05, 3.63) is 35.0 Å². The number of pyridine rings is 1. The Bertz CT molecular complexity index is 617. The molecule has 0 saturated carbocycles. The largest absolute Gasteiger partial charge is 0.444 e. The third-order valence-corrected chi connectivity index (χ3v) is 2.90. The van der Waals surface area contributed by atoms with E-state index in [-0.39, 0.29) is 18.2 Å². The Morgan fingerprint density at radius 2 is 1.81 bits per heavy atom. The van der Waals surface area contributed by atoms with E-state index in [1.807, 2.05) is 0 Å². The molecule has 114 valence electrons. The van der Waals surface area contributed by atoms with Gasteiger partial charge in [-0.3, -0.25) is 0 Å². The van der Waals surface area contributed by atoms with E-state index in [0.717, 1.165) is 17.8 Å². The summed E-state index contributed by atoms with van der Waals surface area (Å²) in [4.78, 5) is 8.16. The predicted octanol–water partition coefficient (Wildman–Crippen LogP) is 3.36. The van der Waals surface area contributed by atoms with Crippen molar-refractivity contribution < 1.29 is 17.6 Å². The minimum atomic E-state index is -4.43. The summed E-state index contributed by atoms with van der Waals surface area (Å²) in [6.45, 7) is 3.73. The number of nitrogens with one attached hydrogen (secondary N) is 2. The molecule has 2 aromatic heterocycles. The van der Waals surface area contributed by atoms with Gasteiger partial charge in [0.25, 0.3) is 0 Å². The lowest BCUT2D eigenvalue weighted by molar-refractivity contribution is -0.137. The minimum absolute atomic E-state index is 0.0997. The molecular weight excluding hydrogens is 285 g/mol. The van der Waals surface area contributed by atoms with Crippen LogP contribution in [0.25, 0.3) is 0 Å². The quantitative estimate of drug-likeness (QED) is 0.906. The maximum Gasteiger partial charge on any atom is 0.416 e. The van der Waals surface area contributed by atoms with Gasteiger partial charge < -0.3 is 15.1 Å². The predicted molar refractivity (Wildman–Crippen MR) is 72.1 cm³/mol. The molecule has 0 saturated heterocycles. The van der Waals surface area contributed by atoms with Crippen molar-refractivity contribution in [1.29, 1.82) is 0 Å². The molecule has 0 spiro atoms. The van der Waals surface area contributed by atoms with Crippen LogP contribution in [0.5, 0.6) is 0 Å². The van der Waals surface area contributed by atoms with Gasteiger partial charge in [0.15, 0.2) is 0 Å². The van der Waals surface area contributed by atoms with Crippen molar-refractivity contribution in [1.82, 2.24) is 9.97 Å². The average Bonchev–Trinajstić information content (AvgIpc) is 2.74. The van der Waals surface area contributed by atoms with Crippen molar-refractivity contribution >= 4 is 11.6 Å². The number of alkyl halides is 3. The fourth-order valence-corrected chi connectivity index (χ4v) is 1.69. The number of anilines is 2. The zero-order valence-corrected chi connectivity index (χ0v) is 11.8. The first kappa shape index (κ1) is 15.1. The van der Waals surface area contributed by atoms with Crippen LogP contribution >= 0.6 is 0 Å². The molecule has 0 aliphatic carbocycles. The topological polar surface area (TPSA) is 63.0 Å². The molecule has 0 amide bonds. The van der Waals surface area contributed by atoms with Gasteiger partial charge in [-0.1, -0.05) is 0 Å². The molecule has 0 radical (unpaired) electrons. The number of hydrogen-bond donors (Lipinski definition) is 2. The summed E-state index contributed by atoms with van der Waals surface area (Å²) < 4.78 is 43.7. The lowest BCUT2D eigenvalue weighted by Crippen LogP contribution is -2.10. The Hall–Kier alpha value is -2.25. The summed E-state index contributed by atoms with van der Waals surface area (Å²) in [5.74, 6) is 1.31. The Balaban J connectivity index is 2.19. The van der Waals surface area contributed by atoms with E-state index in [1.54, 1.807) is 13.8 Å². The van der Waals surface area contributed by atoms with E-state index in [0.29, 0.717) is 11.7 Å². The molecule has 0 atom stereocenters. The first-order valence-electron chi connectivity index (χ1n) is 6.23. The third-order valence-electron chi connectivity index (χ3n) is 2.90. The first-order chi connectivity index (χ1) is 9.79. The zero-order chi connectivity index (χ0) is 15.6. The lowest BCUT2D eigenvalue weighted by atomic mass is 10.2. The monoisotopic (exact) mass is 300 g/mol. The van der Waals surface area contributed by atoms with E-state index in [4.69, 9.17) is 4.42 Å². The van der Waals surface area contributed by atoms with Crippen LogP contribution in [0.15, 0.2) is 16.5 Å². The highest BCUT2D eigenvalue weighted by Gasteiger charge is 2.31. The maximum absolute atomic E-state index is 12.8. The summed E-state index contributed by atoms with van der Waals surface area (Å²) in [5.41, 5.74) is -0.0242. The Kier molecular flexibility index (Phi) is 4.06. The highest BCUT2D eigenvalue weighted by Crippen LogP contribution is 2.32. The molecule has 0 aliphatic heterocycles. The fourth-order valence-electron chi connectivity index (χ4n) is 1.69. The molecule has 0 unspecified atom stereocenters. The summed E-state index contributed by atoms with van der Waals surface area (Å²) in [6.07, 6.45) is -4.43. The molecule has 2 heterocycles. The van der Waals surface area contributed by atoms with Gasteiger partial charge in [0.2, 0.25) is 5.89 Å². The third kappa shape index (κ3) is 3.65. The molecular formula is C13H15F3N4O. The molecule has 8 heteroatoms. The van der Waals surface area contributed by atoms with Gasteiger partial charge in [0.1, 0.15) is 17.4 Å². The number of halogens is 3. The van der Waals surface area contributed by atoms with Gasteiger partial charge in [-0.15, -0.1) is 0 Å². The number of nitrogens with zero attached hydrogens (tertiary/aromatic N) is 2. The average molecular weight is 300 g/mol. The summed E-state index contributed by atoms with van der Waals surface area (Å²) in [7, 11) is 1.51. The van der Waals surface area contributed by atoms with Gasteiger partial charge >= 0.3 is 6.18 Å². The number of aromatic nitrogens is 2. The summed E-state index contributed by atoms with van der Waals surface area (Å²) in [5, 5.41) is 5.38. The molecule has 0 fully saturated rings. The van der Waals surface area contributed by atoms with Gasteiger partial charge in [-0.25, -0.2) is 9.97 Å². The zero-order valence-electron chi connectivity index (χ0n) is 11.8. The van der Waals surface area contributed by atoms with E-state index in [1.165, 1.54) is 7.05 Å². The summed E-state index contributed by atoms with van der Waals surface area (Å²) in [6, 6.07) is 1.90. The fraction of sp³-hybridized carbons (Fsp3) is 0.385. The standard InChI is InChI=1S/C13H15F3N4O/c1-7-8(2)21-12(19-7)6-18-11-5-9(13(14,15)16)4-10(17-3)20-11/h4-5H,6H2,1-3H3,(H2,17,18,20). The normalized spacial score (nSPS) is 11.5. The minimum Gasteiger partial charge on any atom is -0.444 e. The van der Waals surface area contributed by atoms with Gasteiger partial charge in [0.05, 0.1) is 17.8 Å². The van der Waals surface area contributed by atoms with E-state index in [9.17, 15) is 13.2 Å². The molecule has 0 aromatic carbocycles. The Labute approximate surface area is 119 Å². The second kappa shape index (κ2) is 5.63. The van der Waals surface area contributed by atoms with Gasteiger partial charge in [-0.05, 0) is 26.0 Å². The molecule has 0 aliphatic rings. The van der Waals surface area contributed by atoms with Gasteiger partial charge in [0, 0.05) is 7.05 Å².